The molecule has 9 nitrogen and oxygen atoms in total. The largest absolute Gasteiger partial charge is 0.481 e. The number of carboxylic acid groups (broad SMARTS) is 2. The average molecular weight is 363 g/mol. The van der Waals surface area contributed by atoms with Gasteiger partial charge in [-0.15, -0.1) is 0 Å². The van der Waals surface area contributed by atoms with E-state index in [1.807, 2.05) is 0 Å². The van der Waals surface area contributed by atoms with Gasteiger partial charge in [0.05, 0.1) is 0 Å². The van der Waals surface area contributed by atoms with Crippen molar-refractivity contribution in [1.29, 1.82) is 0 Å². The van der Waals surface area contributed by atoms with Crippen molar-refractivity contribution in [3.63, 3.8) is 0 Å². The van der Waals surface area contributed by atoms with Crippen molar-refractivity contribution < 1.29 is 29.4 Å². The summed E-state index contributed by atoms with van der Waals surface area (Å²) in [6.45, 7) is 3.25. The molecule has 138 valence electrons. The maximum atomic E-state index is 12.2. The van der Waals surface area contributed by atoms with E-state index in [1.165, 1.54) is 0 Å². The monoisotopic (exact) mass is 363 g/mol. The summed E-state index contributed by atoms with van der Waals surface area (Å²) < 4.78 is 0. The van der Waals surface area contributed by atoms with E-state index >= 15 is 0 Å². The summed E-state index contributed by atoms with van der Waals surface area (Å²) in [7, 11) is 0. The number of aliphatic carboxylic acids is 2. The van der Waals surface area contributed by atoms with Crippen molar-refractivity contribution in [2.75, 3.05) is 5.75 Å². The molecule has 0 saturated carbocycles. The van der Waals surface area contributed by atoms with Gasteiger partial charge in [0, 0.05) is 18.6 Å². The summed E-state index contributed by atoms with van der Waals surface area (Å²) in [6.07, 6.45) is 0.594. The molecule has 0 aromatic heterocycles. The van der Waals surface area contributed by atoms with E-state index in [1.54, 1.807) is 13.8 Å². The van der Waals surface area contributed by atoms with Gasteiger partial charge in [-0.3, -0.25) is 14.4 Å². The second kappa shape index (κ2) is 10.1. The average Bonchev–Trinajstić information content (AvgIpc) is 2.47. The Labute approximate surface area is 145 Å². The van der Waals surface area contributed by atoms with Crippen LogP contribution in [0.15, 0.2) is 0 Å². The second-order valence-electron chi connectivity index (χ2n) is 5.81. The normalized spacial score (nSPS) is 14.5. The third-order valence-corrected chi connectivity index (χ3v) is 3.78. The summed E-state index contributed by atoms with van der Waals surface area (Å²) in [5.41, 5.74) is 3.98. The zero-order valence-corrected chi connectivity index (χ0v) is 14.6. The molecule has 0 rings (SSSR count). The van der Waals surface area contributed by atoms with Crippen LogP contribution in [0.25, 0.3) is 0 Å². The van der Waals surface area contributed by atoms with Crippen molar-refractivity contribution in [2.45, 2.75) is 51.2 Å². The van der Waals surface area contributed by atoms with E-state index in [4.69, 9.17) is 15.9 Å². The standard InChI is InChI=1S/C14H25N3O6S/c1-8(2)11(12(21)22)16-13(23)14(15,7-24)17-9(18)5-3-4-6-10(19)20/h8,11,24H,3-7,15H2,1-2H3,(H,16,23)(H,17,18)(H,19,20)(H,21,22)/t11-,14-/m0/s1. The number of unbranched alkanes of at least 4 members (excludes halogenated alkanes) is 1. The van der Waals surface area contributed by atoms with E-state index < -0.39 is 35.5 Å². The Morgan fingerprint density at radius 1 is 1.12 bits per heavy atom. The minimum atomic E-state index is -1.85. The van der Waals surface area contributed by atoms with Gasteiger partial charge in [0.15, 0.2) is 5.66 Å². The number of rotatable bonds is 11. The number of thiol groups is 1. The van der Waals surface area contributed by atoms with Crippen molar-refractivity contribution in [3.05, 3.63) is 0 Å². The lowest BCUT2D eigenvalue weighted by Crippen LogP contribution is -2.68. The molecule has 0 aromatic rings. The van der Waals surface area contributed by atoms with Gasteiger partial charge >= 0.3 is 11.9 Å². The van der Waals surface area contributed by atoms with Gasteiger partial charge in [-0.25, -0.2) is 4.79 Å². The number of hydrogen-bond donors (Lipinski definition) is 6. The van der Waals surface area contributed by atoms with Crippen LogP contribution in [0.5, 0.6) is 0 Å². The maximum absolute atomic E-state index is 12.2. The minimum Gasteiger partial charge on any atom is -0.481 e. The number of carbonyl (C=O) groups excluding carboxylic acids is 2. The summed E-state index contributed by atoms with van der Waals surface area (Å²) in [4.78, 5) is 45.6. The Morgan fingerprint density at radius 3 is 2.08 bits per heavy atom. The molecular formula is C14H25N3O6S. The lowest BCUT2D eigenvalue weighted by Gasteiger charge is -2.30. The topological polar surface area (TPSA) is 159 Å². The molecule has 0 fully saturated rings. The zero-order chi connectivity index (χ0) is 18.9. The number of carbonyl (C=O) groups is 4. The van der Waals surface area contributed by atoms with Crippen LogP contribution in [-0.2, 0) is 19.2 Å². The lowest BCUT2D eigenvalue weighted by atomic mass is 10.0. The fraction of sp³-hybridized carbons (Fsp3) is 0.714. The van der Waals surface area contributed by atoms with Gasteiger partial charge in [0.1, 0.15) is 6.04 Å². The predicted octanol–water partition coefficient (Wildman–Crippen LogP) is -0.442. The van der Waals surface area contributed by atoms with E-state index in [9.17, 15) is 19.2 Å². The summed E-state index contributed by atoms with van der Waals surface area (Å²) in [5.74, 6) is -4.15. The Kier molecular flexibility index (Phi) is 9.37. The van der Waals surface area contributed by atoms with Crippen LogP contribution in [-0.4, -0.2) is 51.4 Å². The molecule has 0 unspecified atom stereocenters. The molecule has 0 saturated heterocycles. The van der Waals surface area contributed by atoms with Crippen LogP contribution in [0.4, 0.5) is 0 Å². The van der Waals surface area contributed by atoms with Crippen molar-refractivity contribution in [1.82, 2.24) is 10.6 Å². The zero-order valence-electron chi connectivity index (χ0n) is 13.7. The molecule has 0 aliphatic heterocycles. The lowest BCUT2D eigenvalue weighted by molar-refractivity contribution is -0.144. The maximum Gasteiger partial charge on any atom is 0.326 e. The second-order valence-corrected chi connectivity index (χ2v) is 6.13. The molecule has 0 aliphatic rings. The van der Waals surface area contributed by atoms with Crippen LogP contribution in [0, 0.1) is 5.92 Å². The molecular weight excluding hydrogens is 338 g/mol. The Morgan fingerprint density at radius 2 is 1.67 bits per heavy atom. The highest BCUT2D eigenvalue weighted by Crippen LogP contribution is 2.07. The first-order valence-electron chi connectivity index (χ1n) is 7.49. The Hall–Kier alpha value is -1.81. The fourth-order valence-corrected chi connectivity index (χ4v) is 2.05. The predicted molar refractivity (Wildman–Crippen MR) is 89.4 cm³/mol. The Bertz CT molecular complexity index is 485. The van der Waals surface area contributed by atoms with E-state index in [2.05, 4.69) is 23.3 Å². The number of nitrogens with two attached hydrogens (primary N) is 1. The molecule has 6 N–H and O–H groups in total. The van der Waals surface area contributed by atoms with Crippen molar-refractivity contribution in [2.24, 2.45) is 11.7 Å². The van der Waals surface area contributed by atoms with E-state index in [-0.39, 0.29) is 24.5 Å². The van der Waals surface area contributed by atoms with E-state index in [0.29, 0.717) is 12.8 Å². The highest BCUT2D eigenvalue weighted by atomic mass is 32.1. The van der Waals surface area contributed by atoms with Crippen molar-refractivity contribution in [3.8, 4) is 0 Å². The first-order chi connectivity index (χ1) is 11.0. The Balaban J connectivity index is 4.70. The summed E-state index contributed by atoms with van der Waals surface area (Å²) in [5, 5.41) is 22.2. The third kappa shape index (κ3) is 7.64. The highest BCUT2D eigenvalue weighted by Gasteiger charge is 2.37. The first-order valence-corrected chi connectivity index (χ1v) is 8.13. The highest BCUT2D eigenvalue weighted by molar-refractivity contribution is 7.80. The van der Waals surface area contributed by atoms with E-state index in [0.717, 1.165) is 0 Å². The van der Waals surface area contributed by atoms with Crippen LogP contribution >= 0.6 is 12.6 Å². The minimum absolute atomic E-state index is 0.000171. The molecule has 0 radical (unpaired) electrons. The van der Waals surface area contributed by atoms with Gasteiger partial charge < -0.3 is 26.6 Å². The number of nitrogens with one attached hydrogen (secondary N) is 2. The van der Waals surface area contributed by atoms with Gasteiger partial charge in [-0.1, -0.05) is 13.8 Å². The number of amides is 2. The van der Waals surface area contributed by atoms with Crippen LogP contribution in [0.3, 0.4) is 0 Å². The third-order valence-electron chi connectivity index (χ3n) is 3.28. The van der Waals surface area contributed by atoms with Crippen LogP contribution in [0.1, 0.15) is 39.5 Å². The first kappa shape index (κ1) is 22.2. The molecule has 0 aromatic carbocycles. The summed E-state index contributed by atoms with van der Waals surface area (Å²) in [6, 6.07) is -1.15. The van der Waals surface area contributed by atoms with Crippen LogP contribution < -0.4 is 16.4 Å². The molecule has 0 aliphatic carbocycles. The van der Waals surface area contributed by atoms with Gasteiger partial charge in [-0.2, -0.15) is 12.6 Å². The molecule has 2 atom stereocenters. The SMILES string of the molecule is CC(C)[C@H](NC(=O)[C@](N)(CS)NC(=O)CCCCC(=O)O)C(=O)O. The number of carboxylic acids is 2. The quantitative estimate of drug-likeness (QED) is 0.165. The molecule has 2 amide bonds. The van der Waals surface area contributed by atoms with Gasteiger partial charge in [0.2, 0.25) is 5.91 Å². The van der Waals surface area contributed by atoms with Crippen molar-refractivity contribution >= 4 is 36.4 Å². The van der Waals surface area contributed by atoms with Crippen LogP contribution in [0.2, 0.25) is 0 Å². The van der Waals surface area contributed by atoms with Gasteiger partial charge in [-0.05, 0) is 18.8 Å². The fourth-order valence-electron chi connectivity index (χ4n) is 1.82. The van der Waals surface area contributed by atoms with Gasteiger partial charge in [0.25, 0.3) is 5.91 Å². The smallest absolute Gasteiger partial charge is 0.326 e. The summed E-state index contributed by atoms with van der Waals surface area (Å²) >= 11 is 3.95. The molecule has 0 bridgehead atoms. The number of hydrogen-bond acceptors (Lipinski definition) is 6. The molecule has 10 heteroatoms. The molecule has 24 heavy (non-hydrogen) atoms. The molecule has 0 heterocycles. The molecule has 0 spiro atoms.